The lowest BCUT2D eigenvalue weighted by Gasteiger charge is -2.32. The van der Waals surface area contributed by atoms with E-state index in [9.17, 15) is 9.59 Å². The molecule has 19 heavy (non-hydrogen) atoms. The van der Waals surface area contributed by atoms with E-state index in [0.29, 0.717) is 32.6 Å². The maximum atomic E-state index is 12.2. The zero-order chi connectivity index (χ0) is 13.8. The number of halogens is 1. The monoisotopic (exact) mass is 324 g/mol. The van der Waals surface area contributed by atoms with Crippen LogP contribution in [0.4, 0.5) is 0 Å². The minimum atomic E-state index is 0.131. The number of piperazine rings is 1. The van der Waals surface area contributed by atoms with Crippen LogP contribution in [-0.2, 0) is 16.0 Å². The summed E-state index contributed by atoms with van der Waals surface area (Å²) in [5.74, 6) is 0.131. The molecule has 0 unspecified atom stereocenters. The fraction of sp³-hybridized carbons (Fsp3) is 0.429. The second-order valence-electron chi connectivity index (χ2n) is 4.77. The van der Waals surface area contributed by atoms with Gasteiger partial charge in [0.1, 0.15) is 0 Å². The van der Waals surface area contributed by atoms with Crippen molar-refractivity contribution in [2.75, 3.05) is 26.2 Å². The van der Waals surface area contributed by atoms with Crippen molar-refractivity contribution in [3.63, 3.8) is 0 Å². The molecular weight excluding hydrogens is 308 g/mol. The van der Waals surface area contributed by atoms with Crippen LogP contribution in [0.3, 0.4) is 0 Å². The number of hydrogen-bond donors (Lipinski definition) is 0. The van der Waals surface area contributed by atoms with Crippen molar-refractivity contribution < 1.29 is 9.59 Å². The number of amides is 2. The molecule has 2 rings (SSSR count). The molecular formula is C14H17BrN2O2. The highest BCUT2D eigenvalue weighted by Gasteiger charge is 2.20. The SMILES string of the molecule is Cc1ccc(Br)cc1CC(=O)N1CCN(C=O)CC1. The van der Waals surface area contributed by atoms with E-state index in [4.69, 9.17) is 0 Å². The number of carbonyl (C=O) groups excluding carboxylic acids is 2. The van der Waals surface area contributed by atoms with Crippen LogP contribution in [0.1, 0.15) is 11.1 Å². The first-order valence-corrected chi connectivity index (χ1v) is 7.11. The molecule has 1 saturated heterocycles. The number of nitrogens with zero attached hydrogens (tertiary/aromatic N) is 2. The van der Waals surface area contributed by atoms with Gasteiger partial charge in [-0.2, -0.15) is 0 Å². The Morgan fingerprint density at radius 1 is 1.32 bits per heavy atom. The maximum Gasteiger partial charge on any atom is 0.227 e. The number of aryl methyl sites for hydroxylation is 1. The Balaban J connectivity index is 1.98. The standard InChI is InChI=1S/C14H17BrN2O2/c1-11-2-3-13(15)8-12(11)9-14(19)17-6-4-16(10-18)5-7-17/h2-3,8,10H,4-7,9H2,1H3. The van der Waals surface area contributed by atoms with Crippen molar-refractivity contribution in [3.05, 3.63) is 33.8 Å². The summed E-state index contributed by atoms with van der Waals surface area (Å²) >= 11 is 3.43. The van der Waals surface area contributed by atoms with Crippen LogP contribution in [0, 0.1) is 6.92 Å². The third kappa shape index (κ3) is 3.56. The second kappa shape index (κ2) is 6.19. The highest BCUT2D eigenvalue weighted by molar-refractivity contribution is 9.10. The number of benzene rings is 1. The van der Waals surface area contributed by atoms with Crippen molar-refractivity contribution in [3.8, 4) is 0 Å². The lowest BCUT2D eigenvalue weighted by molar-refractivity contribution is -0.134. The maximum absolute atomic E-state index is 12.2. The van der Waals surface area contributed by atoms with Crippen molar-refractivity contribution >= 4 is 28.2 Å². The quantitative estimate of drug-likeness (QED) is 0.792. The van der Waals surface area contributed by atoms with E-state index < -0.39 is 0 Å². The topological polar surface area (TPSA) is 40.6 Å². The highest BCUT2D eigenvalue weighted by atomic mass is 79.9. The molecule has 0 radical (unpaired) electrons. The summed E-state index contributed by atoms with van der Waals surface area (Å²) in [6, 6.07) is 5.98. The summed E-state index contributed by atoms with van der Waals surface area (Å²) in [5, 5.41) is 0. The summed E-state index contributed by atoms with van der Waals surface area (Å²) in [6.07, 6.45) is 1.27. The predicted octanol–water partition coefficient (Wildman–Crippen LogP) is 1.60. The first-order chi connectivity index (χ1) is 9.10. The average molecular weight is 325 g/mol. The Bertz CT molecular complexity index is 482. The molecule has 0 spiro atoms. The van der Waals surface area contributed by atoms with E-state index in [0.717, 1.165) is 22.0 Å². The Labute approximate surface area is 121 Å². The average Bonchev–Trinajstić information content (AvgIpc) is 2.43. The predicted molar refractivity (Wildman–Crippen MR) is 76.8 cm³/mol. The molecule has 1 heterocycles. The number of carbonyl (C=O) groups is 2. The van der Waals surface area contributed by atoms with Gasteiger partial charge in [0.2, 0.25) is 12.3 Å². The first kappa shape index (κ1) is 14.1. The van der Waals surface area contributed by atoms with E-state index in [1.807, 2.05) is 30.0 Å². The van der Waals surface area contributed by atoms with E-state index in [-0.39, 0.29) is 5.91 Å². The Kier molecular flexibility index (Phi) is 4.58. The fourth-order valence-electron chi connectivity index (χ4n) is 2.18. The molecule has 0 saturated carbocycles. The van der Waals surface area contributed by atoms with Gasteiger partial charge < -0.3 is 9.80 Å². The summed E-state index contributed by atoms with van der Waals surface area (Å²) in [4.78, 5) is 26.4. The van der Waals surface area contributed by atoms with Gasteiger partial charge in [-0.3, -0.25) is 9.59 Å². The number of rotatable bonds is 3. The van der Waals surface area contributed by atoms with E-state index in [2.05, 4.69) is 15.9 Å². The third-order valence-corrected chi connectivity index (χ3v) is 3.96. The molecule has 0 aromatic heterocycles. The molecule has 4 nitrogen and oxygen atoms in total. The van der Waals surface area contributed by atoms with Gasteiger partial charge in [-0.25, -0.2) is 0 Å². The lowest BCUT2D eigenvalue weighted by Crippen LogP contribution is -2.48. The molecule has 1 fully saturated rings. The van der Waals surface area contributed by atoms with Crippen LogP contribution in [-0.4, -0.2) is 48.3 Å². The van der Waals surface area contributed by atoms with Crippen LogP contribution >= 0.6 is 15.9 Å². The van der Waals surface area contributed by atoms with Gasteiger partial charge in [0, 0.05) is 30.7 Å². The molecule has 2 amide bonds. The van der Waals surface area contributed by atoms with Gasteiger partial charge in [0.25, 0.3) is 0 Å². The molecule has 5 heteroatoms. The van der Waals surface area contributed by atoms with E-state index in [1.165, 1.54) is 0 Å². The molecule has 1 aliphatic rings. The number of hydrogen-bond acceptors (Lipinski definition) is 2. The smallest absolute Gasteiger partial charge is 0.227 e. The van der Waals surface area contributed by atoms with Gasteiger partial charge in [-0.15, -0.1) is 0 Å². The van der Waals surface area contributed by atoms with Gasteiger partial charge in [0.15, 0.2) is 0 Å². The molecule has 0 bridgehead atoms. The Morgan fingerprint density at radius 2 is 2.00 bits per heavy atom. The molecule has 102 valence electrons. The van der Waals surface area contributed by atoms with Crippen molar-refractivity contribution in [2.45, 2.75) is 13.3 Å². The zero-order valence-corrected chi connectivity index (χ0v) is 12.5. The third-order valence-electron chi connectivity index (χ3n) is 3.47. The summed E-state index contributed by atoms with van der Waals surface area (Å²) in [5.41, 5.74) is 2.18. The van der Waals surface area contributed by atoms with Crippen LogP contribution in [0.5, 0.6) is 0 Å². The van der Waals surface area contributed by atoms with Crippen LogP contribution < -0.4 is 0 Å². The van der Waals surface area contributed by atoms with E-state index >= 15 is 0 Å². The van der Waals surface area contributed by atoms with Gasteiger partial charge in [-0.05, 0) is 30.2 Å². The first-order valence-electron chi connectivity index (χ1n) is 6.32. The normalized spacial score (nSPS) is 15.5. The summed E-state index contributed by atoms with van der Waals surface area (Å²) in [7, 11) is 0. The molecule has 0 N–H and O–H groups in total. The van der Waals surface area contributed by atoms with E-state index in [1.54, 1.807) is 4.90 Å². The lowest BCUT2D eigenvalue weighted by atomic mass is 10.1. The molecule has 1 aromatic carbocycles. The molecule has 0 atom stereocenters. The largest absolute Gasteiger partial charge is 0.342 e. The van der Waals surface area contributed by atoms with Crippen LogP contribution in [0.25, 0.3) is 0 Å². The van der Waals surface area contributed by atoms with Gasteiger partial charge in [-0.1, -0.05) is 22.0 Å². The van der Waals surface area contributed by atoms with Crippen LogP contribution in [0.15, 0.2) is 22.7 Å². The summed E-state index contributed by atoms with van der Waals surface area (Å²) in [6.45, 7) is 4.54. The van der Waals surface area contributed by atoms with Crippen LogP contribution in [0.2, 0.25) is 0 Å². The minimum absolute atomic E-state index is 0.131. The summed E-state index contributed by atoms with van der Waals surface area (Å²) < 4.78 is 0.992. The van der Waals surface area contributed by atoms with Crippen molar-refractivity contribution in [2.24, 2.45) is 0 Å². The highest BCUT2D eigenvalue weighted by Crippen LogP contribution is 2.17. The Morgan fingerprint density at radius 3 is 2.63 bits per heavy atom. The zero-order valence-electron chi connectivity index (χ0n) is 10.9. The minimum Gasteiger partial charge on any atom is -0.342 e. The molecule has 0 aliphatic carbocycles. The van der Waals surface area contributed by atoms with Gasteiger partial charge >= 0.3 is 0 Å². The second-order valence-corrected chi connectivity index (χ2v) is 5.69. The van der Waals surface area contributed by atoms with Crippen molar-refractivity contribution in [1.82, 2.24) is 9.80 Å². The molecule has 1 aliphatic heterocycles. The fourth-order valence-corrected chi connectivity index (χ4v) is 2.59. The molecule has 1 aromatic rings. The van der Waals surface area contributed by atoms with Crippen molar-refractivity contribution in [1.29, 1.82) is 0 Å². The van der Waals surface area contributed by atoms with Gasteiger partial charge in [0.05, 0.1) is 6.42 Å². The Hall–Kier alpha value is -1.36.